The van der Waals surface area contributed by atoms with Crippen molar-refractivity contribution in [3.8, 4) is 0 Å². The second-order valence-corrected chi connectivity index (χ2v) is 4.95. The summed E-state index contributed by atoms with van der Waals surface area (Å²) in [5, 5.41) is 12.1. The van der Waals surface area contributed by atoms with E-state index in [0.29, 0.717) is 12.3 Å². The minimum absolute atomic E-state index is 0.451. The highest BCUT2D eigenvalue weighted by Gasteiger charge is 2.15. The van der Waals surface area contributed by atoms with Gasteiger partial charge in [-0.3, -0.25) is 4.79 Å². The van der Waals surface area contributed by atoms with Crippen molar-refractivity contribution in [1.29, 1.82) is 0 Å². The molecule has 2 atom stereocenters. The van der Waals surface area contributed by atoms with Crippen molar-refractivity contribution >= 4 is 5.97 Å². The highest BCUT2D eigenvalue weighted by Crippen LogP contribution is 2.09. The quantitative estimate of drug-likeness (QED) is 0.672. The molecule has 2 N–H and O–H groups in total. The third kappa shape index (κ3) is 6.20. The number of aliphatic carboxylic acids is 1. The van der Waals surface area contributed by atoms with Gasteiger partial charge in [0.2, 0.25) is 0 Å². The van der Waals surface area contributed by atoms with E-state index in [9.17, 15) is 4.79 Å². The number of carboxylic acids is 1. The lowest BCUT2D eigenvalue weighted by atomic mass is 10.0. The number of carboxylic acid groups (broad SMARTS) is 1. The minimum Gasteiger partial charge on any atom is -0.480 e. The van der Waals surface area contributed by atoms with Gasteiger partial charge in [-0.25, -0.2) is 0 Å². The van der Waals surface area contributed by atoms with Crippen LogP contribution in [0.3, 0.4) is 0 Å². The van der Waals surface area contributed by atoms with Crippen molar-refractivity contribution in [2.75, 3.05) is 6.54 Å². The maximum atomic E-state index is 11.0. The predicted octanol–water partition coefficient (Wildman–Crippen LogP) is 2.87. The molecule has 0 saturated carbocycles. The molecule has 19 heavy (non-hydrogen) atoms. The van der Waals surface area contributed by atoms with E-state index in [4.69, 9.17) is 5.11 Å². The van der Waals surface area contributed by atoms with Crippen LogP contribution in [-0.4, -0.2) is 23.7 Å². The Bertz CT molecular complexity index is 389. The van der Waals surface area contributed by atoms with Gasteiger partial charge in [-0.05, 0) is 37.3 Å². The molecule has 0 aliphatic rings. The van der Waals surface area contributed by atoms with Crippen LogP contribution in [0.4, 0.5) is 0 Å². The van der Waals surface area contributed by atoms with Crippen molar-refractivity contribution < 1.29 is 9.90 Å². The predicted molar refractivity (Wildman–Crippen MR) is 78.2 cm³/mol. The Morgan fingerprint density at radius 2 is 2.11 bits per heavy atom. The summed E-state index contributed by atoms with van der Waals surface area (Å²) in [7, 11) is 0. The Kier molecular flexibility index (Phi) is 6.90. The van der Waals surface area contributed by atoms with E-state index in [1.807, 2.05) is 18.2 Å². The first-order valence-corrected chi connectivity index (χ1v) is 6.74. The SMILES string of the molecule is C=CCC(NCC(C)CCc1ccccc1)C(=O)O. The highest BCUT2D eigenvalue weighted by molar-refractivity contribution is 5.73. The molecule has 1 aromatic rings. The Balaban J connectivity index is 2.28. The summed E-state index contributed by atoms with van der Waals surface area (Å²) in [6.45, 7) is 6.44. The molecule has 0 amide bonds. The first-order chi connectivity index (χ1) is 9.13. The van der Waals surface area contributed by atoms with Crippen LogP contribution >= 0.6 is 0 Å². The first kappa shape index (κ1) is 15.4. The highest BCUT2D eigenvalue weighted by atomic mass is 16.4. The van der Waals surface area contributed by atoms with E-state index in [1.54, 1.807) is 6.08 Å². The fraction of sp³-hybridized carbons (Fsp3) is 0.438. The fourth-order valence-corrected chi connectivity index (χ4v) is 1.94. The van der Waals surface area contributed by atoms with Crippen molar-refractivity contribution in [3.63, 3.8) is 0 Å². The van der Waals surface area contributed by atoms with Crippen molar-refractivity contribution in [3.05, 3.63) is 48.6 Å². The maximum absolute atomic E-state index is 11.0. The normalized spacial score (nSPS) is 13.7. The summed E-state index contributed by atoms with van der Waals surface area (Å²) in [6, 6.07) is 9.83. The number of aryl methyl sites for hydroxylation is 1. The van der Waals surface area contributed by atoms with Gasteiger partial charge < -0.3 is 10.4 Å². The van der Waals surface area contributed by atoms with Crippen LogP contribution in [0.1, 0.15) is 25.3 Å². The zero-order valence-corrected chi connectivity index (χ0v) is 11.5. The van der Waals surface area contributed by atoms with Crippen molar-refractivity contribution in [1.82, 2.24) is 5.32 Å². The molecule has 3 nitrogen and oxygen atoms in total. The van der Waals surface area contributed by atoms with Gasteiger partial charge in [-0.15, -0.1) is 6.58 Å². The molecule has 0 fully saturated rings. The minimum atomic E-state index is -0.810. The average molecular weight is 261 g/mol. The Morgan fingerprint density at radius 3 is 2.68 bits per heavy atom. The van der Waals surface area contributed by atoms with Gasteiger partial charge >= 0.3 is 5.97 Å². The summed E-state index contributed by atoms with van der Waals surface area (Å²) in [5.74, 6) is -0.359. The van der Waals surface area contributed by atoms with Crippen LogP contribution in [0.2, 0.25) is 0 Å². The molecule has 0 heterocycles. The van der Waals surface area contributed by atoms with Crippen LogP contribution in [0.15, 0.2) is 43.0 Å². The van der Waals surface area contributed by atoms with Crippen molar-refractivity contribution in [2.24, 2.45) is 5.92 Å². The molecule has 1 aromatic carbocycles. The van der Waals surface area contributed by atoms with Crippen LogP contribution < -0.4 is 5.32 Å². The van der Waals surface area contributed by atoms with E-state index < -0.39 is 12.0 Å². The van der Waals surface area contributed by atoms with Gasteiger partial charge in [0.1, 0.15) is 6.04 Å². The lowest BCUT2D eigenvalue weighted by Crippen LogP contribution is -2.38. The monoisotopic (exact) mass is 261 g/mol. The van der Waals surface area contributed by atoms with Gasteiger partial charge in [0.05, 0.1) is 0 Å². The van der Waals surface area contributed by atoms with Gasteiger partial charge in [-0.1, -0.05) is 43.3 Å². The van der Waals surface area contributed by atoms with E-state index in [0.717, 1.165) is 19.4 Å². The first-order valence-electron chi connectivity index (χ1n) is 6.74. The second kappa shape index (κ2) is 8.48. The molecular weight excluding hydrogens is 238 g/mol. The van der Waals surface area contributed by atoms with Crippen LogP contribution in [0, 0.1) is 5.92 Å². The number of carbonyl (C=O) groups is 1. The number of rotatable bonds is 9. The zero-order chi connectivity index (χ0) is 14.1. The third-order valence-corrected chi connectivity index (χ3v) is 3.18. The van der Waals surface area contributed by atoms with Gasteiger partial charge in [0.15, 0.2) is 0 Å². The van der Waals surface area contributed by atoms with Gasteiger partial charge in [0.25, 0.3) is 0 Å². The largest absolute Gasteiger partial charge is 0.480 e. The number of hydrogen-bond donors (Lipinski definition) is 2. The lowest BCUT2D eigenvalue weighted by molar-refractivity contribution is -0.139. The van der Waals surface area contributed by atoms with Gasteiger partial charge in [-0.2, -0.15) is 0 Å². The fourth-order valence-electron chi connectivity index (χ4n) is 1.94. The average Bonchev–Trinajstić information content (AvgIpc) is 2.42. The molecule has 1 rings (SSSR count). The Hall–Kier alpha value is -1.61. The van der Waals surface area contributed by atoms with E-state index >= 15 is 0 Å². The summed E-state index contributed by atoms with van der Waals surface area (Å²) >= 11 is 0. The topological polar surface area (TPSA) is 49.3 Å². The molecule has 0 aliphatic carbocycles. The molecule has 0 spiro atoms. The number of hydrogen-bond acceptors (Lipinski definition) is 2. The maximum Gasteiger partial charge on any atom is 0.321 e. The second-order valence-electron chi connectivity index (χ2n) is 4.95. The molecule has 0 aliphatic heterocycles. The zero-order valence-electron chi connectivity index (χ0n) is 11.5. The number of nitrogens with one attached hydrogen (secondary N) is 1. The standard InChI is InChI=1S/C16H23NO2/c1-3-7-15(16(18)19)17-12-13(2)10-11-14-8-5-4-6-9-14/h3-6,8-9,13,15,17H,1,7,10-12H2,2H3,(H,18,19). The van der Waals surface area contributed by atoms with Crippen LogP contribution in [-0.2, 0) is 11.2 Å². The Labute approximate surface area is 115 Å². The molecule has 2 unspecified atom stereocenters. The van der Waals surface area contributed by atoms with Crippen molar-refractivity contribution in [2.45, 2.75) is 32.2 Å². The van der Waals surface area contributed by atoms with Crippen LogP contribution in [0.5, 0.6) is 0 Å². The summed E-state index contributed by atoms with van der Waals surface area (Å²) in [6.07, 6.45) is 4.18. The molecule has 0 bridgehead atoms. The third-order valence-electron chi connectivity index (χ3n) is 3.18. The molecule has 3 heteroatoms. The summed E-state index contributed by atoms with van der Waals surface area (Å²) in [4.78, 5) is 11.0. The smallest absolute Gasteiger partial charge is 0.321 e. The summed E-state index contributed by atoms with van der Waals surface area (Å²) in [5.41, 5.74) is 1.33. The molecule has 0 radical (unpaired) electrons. The van der Waals surface area contributed by atoms with Gasteiger partial charge in [0, 0.05) is 0 Å². The lowest BCUT2D eigenvalue weighted by Gasteiger charge is -2.17. The van der Waals surface area contributed by atoms with E-state index in [1.165, 1.54) is 5.56 Å². The molecule has 104 valence electrons. The summed E-state index contributed by atoms with van der Waals surface area (Å²) < 4.78 is 0. The molecule has 0 aromatic heterocycles. The van der Waals surface area contributed by atoms with E-state index in [-0.39, 0.29) is 0 Å². The molecular formula is C16H23NO2. The molecule has 0 saturated heterocycles. The van der Waals surface area contributed by atoms with Crippen LogP contribution in [0.25, 0.3) is 0 Å². The number of benzene rings is 1. The van der Waals surface area contributed by atoms with E-state index in [2.05, 4.69) is 31.0 Å². The Morgan fingerprint density at radius 1 is 1.42 bits per heavy atom.